The molecule has 0 amide bonds. The predicted molar refractivity (Wildman–Crippen MR) is 102 cm³/mol. The van der Waals surface area contributed by atoms with E-state index >= 15 is 0 Å². The van der Waals surface area contributed by atoms with Crippen LogP contribution in [0.25, 0.3) is 0 Å². The van der Waals surface area contributed by atoms with E-state index in [4.69, 9.17) is 10.2 Å². The number of phenols is 2. The molecule has 28 heavy (non-hydrogen) atoms. The molecule has 4 N–H and O–H groups in total. The average Bonchev–Trinajstić information content (AvgIpc) is 2.66. The number of hydrogen-bond donors (Lipinski definition) is 4. The van der Waals surface area contributed by atoms with Crippen molar-refractivity contribution >= 4 is 11.9 Å². The van der Waals surface area contributed by atoms with Gasteiger partial charge in [0.05, 0.1) is 0 Å². The zero-order valence-corrected chi connectivity index (χ0v) is 14.8. The fraction of sp³-hybridized carbons (Fsp3) is 0.0909. The minimum Gasteiger partial charge on any atom is -0.507 e. The third kappa shape index (κ3) is 4.29. The molecule has 3 rings (SSSR count). The fourth-order valence-electron chi connectivity index (χ4n) is 2.98. The van der Waals surface area contributed by atoms with Gasteiger partial charge in [-0.1, -0.05) is 36.4 Å². The average molecular weight is 378 g/mol. The summed E-state index contributed by atoms with van der Waals surface area (Å²) in [6, 6.07) is 16.7. The van der Waals surface area contributed by atoms with Crippen molar-refractivity contribution in [2.75, 3.05) is 0 Å². The van der Waals surface area contributed by atoms with Crippen LogP contribution >= 0.6 is 0 Å². The van der Waals surface area contributed by atoms with Crippen LogP contribution in [0.2, 0.25) is 0 Å². The van der Waals surface area contributed by atoms with Gasteiger partial charge in [0.25, 0.3) is 0 Å². The molecular formula is C22H18O6. The molecule has 0 aromatic heterocycles. The number of hydrogen-bond acceptors (Lipinski definition) is 4. The molecule has 0 fully saturated rings. The van der Waals surface area contributed by atoms with Gasteiger partial charge < -0.3 is 20.4 Å². The fourth-order valence-corrected chi connectivity index (χ4v) is 2.98. The summed E-state index contributed by atoms with van der Waals surface area (Å²) in [7, 11) is 0. The minimum absolute atomic E-state index is 0.129. The van der Waals surface area contributed by atoms with Crippen LogP contribution in [0.4, 0.5) is 0 Å². The van der Waals surface area contributed by atoms with Crippen molar-refractivity contribution in [3.8, 4) is 11.5 Å². The largest absolute Gasteiger partial charge is 0.507 e. The Morgan fingerprint density at radius 3 is 1.21 bits per heavy atom. The highest BCUT2D eigenvalue weighted by molar-refractivity contribution is 5.91. The lowest BCUT2D eigenvalue weighted by atomic mass is 9.98. The van der Waals surface area contributed by atoms with E-state index in [0.717, 1.165) is 22.3 Å². The molecule has 0 bridgehead atoms. The second-order valence-electron chi connectivity index (χ2n) is 6.48. The number of carboxylic acid groups (broad SMARTS) is 2. The van der Waals surface area contributed by atoms with Crippen molar-refractivity contribution in [1.29, 1.82) is 0 Å². The van der Waals surface area contributed by atoms with Gasteiger partial charge in [0.2, 0.25) is 0 Å². The first kappa shape index (κ1) is 19.0. The molecule has 0 aliphatic heterocycles. The molecule has 0 heterocycles. The van der Waals surface area contributed by atoms with Gasteiger partial charge in [-0.25, -0.2) is 9.59 Å². The Bertz CT molecular complexity index is 953. The summed E-state index contributed by atoms with van der Waals surface area (Å²) in [4.78, 5) is 22.2. The van der Waals surface area contributed by atoms with Gasteiger partial charge in [-0.15, -0.1) is 0 Å². The van der Waals surface area contributed by atoms with E-state index in [-0.39, 0.29) is 22.6 Å². The lowest BCUT2D eigenvalue weighted by Crippen LogP contribution is -1.99. The van der Waals surface area contributed by atoms with Crippen LogP contribution in [0.3, 0.4) is 0 Å². The summed E-state index contributed by atoms with van der Waals surface area (Å²) >= 11 is 0. The smallest absolute Gasteiger partial charge is 0.339 e. The van der Waals surface area contributed by atoms with Crippen LogP contribution in [-0.4, -0.2) is 32.4 Å². The molecule has 0 spiro atoms. The number of carbonyl (C=O) groups is 2. The minimum atomic E-state index is -1.18. The van der Waals surface area contributed by atoms with Crippen molar-refractivity contribution in [3.63, 3.8) is 0 Å². The topological polar surface area (TPSA) is 115 Å². The second-order valence-corrected chi connectivity index (χ2v) is 6.48. The summed E-state index contributed by atoms with van der Waals surface area (Å²) in [5, 5.41) is 37.4. The van der Waals surface area contributed by atoms with Crippen LogP contribution in [0.5, 0.6) is 11.5 Å². The van der Waals surface area contributed by atoms with Crippen LogP contribution in [0.1, 0.15) is 43.0 Å². The molecule has 0 radical (unpaired) electrons. The van der Waals surface area contributed by atoms with Crippen molar-refractivity contribution < 1.29 is 30.0 Å². The van der Waals surface area contributed by atoms with Gasteiger partial charge >= 0.3 is 11.9 Å². The van der Waals surface area contributed by atoms with E-state index < -0.39 is 11.9 Å². The third-order valence-corrected chi connectivity index (χ3v) is 4.42. The summed E-state index contributed by atoms with van der Waals surface area (Å²) in [6.07, 6.45) is 1.03. The van der Waals surface area contributed by atoms with Crippen LogP contribution in [-0.2, 0) is 12.8 Å². The van der Waals surface area contributed by atoms with E-state index in [1.54, 1.807) is 12.1 Å². The van der Waals surface area contributed by atoms with Gasteiger partial charge in [-0.2, -0.15) is 0 Å². The van der Waals surface area contributed by atoms with Gasteiger partial charge in [-0.05, 0) is 59.4 Å². The summed E-state index contributed by atoms with van der Waals surface area (Å²) in [6.45, 7) is 0. The molecule has 3 aromatic rings. The summed E-state index contributed by atoms with van der Waals surface area (Å²) in [5.41, 5.74) is 3.23. The number of benzene rings is 3. The van der Waals surface area contributed by atoms with Crippen LogP contribution in [0, 0.1) is 0 Å². The molecule has 0 saturated carbocycles. The highest BCUT2D eigenvalue weighted by Crippen LogP contribution is 2.22. The lowest BCUT2D eigenvalue weighted by molar-refractivity contribution is 0.0682. The van der Waals surface area contributed by atoms with Gasteiger partial charge in [0, 0.05) is 0 Å². The lowest BCUT2D eigenvalue weighted by Gasteiger charge is -2.08. The Balaban J connectivity index is 1.74. The highest BCUT2D eigenvalue weighted by atomic mass is 16.4. The Morgan fingerprint density at radius 1 is 0.571 bits per heavy atom. The summed E-state index contributed by atoms with van der Waals surface area (Å²) in [5.74, 6) is -2.88. The molecule has 0 saturated heterocycles. The maximum Gasteiger partial charge on any atom is 0.339 e. The maximum absolute atomic E-state index is 11.1. The quantitative estimate of drug-likeness (QED) is 0.520. The molecule has 0 unspecified atom stereocenters. The first-order valence-corrected chi connectivity index (χ1v) is 8.51. The first-order valence-electron chi connectivity index (χ1n) is 8.51. The number of aromatic hydroxyl groups is 2. The number of aromatic carboxylic acids is 2. The van der Waals surface area contributed by atoms with Crippen molar-refractivity contribution in [3.05, 3.63) is 94.0 Å². The van der Waals surface area contributed by atoms with Gasteiger partial charge in [0.1, 0.15) is 22.6 Å². The molecule has 3 aromatic carbocycles. The monoisotopic (exact) mass is 378 g/mol. The zero-order chi connectivity index (χ0) is 20.3. The maximum atomic E-state index is 11.1. The SMILES string of the molecule is O=C(O)c1cc(Cc2ccc(Cc3ccc(O)c(C(=O)O)c3)cc2)ccc1O. The van der Waals surface area contributed by atoms with Crippen molar-refractivity contribution in [2.24, 2.45) is 0 Å². The van der Waals surface area contributed by atoms with Crippen molar-refractivity contribution in [2.45, 2.75) is 12.8 Å². The van der Waals surface area contributed by atoms with E-state index in [1.165, 1.54) is 24.3 Å². The highest BCUT2D eigenvalue weighted by Gasteiger charge is 2.12. The van der Waals surface area contributed by atoms with Gasteiger partial charge in [0.15, 0.2) is 0 Å². The second kappa shape index (κ2) is 7.84. The third-order valence-electron chi connectivity index (χ3n) is 4.42. The molecule has 6 nitrogen and oxygen atoms in total. The molecule has 0 aliphatic carbocycles. The Labute approximate surface area is 161 Å². The van der Waals surface area contributed by atoms with Crippen molar-refractivity contribution in [1.82, 2.24) is 0 Å². The molecule has 142 valence electrons. The molecule has 6 heteroatoms. The number of carboxylic acids is 2. The first-order chi connectivity index (χ1) is 13.3. The van der Waals surface area contributed by atoms with E-state index in [2.05, 4.69) is 0 Å². The summed E-state index contributed by atoms with van der Waals surface area (Å²) < 4.78 is 0. The normalized spacial score (nSPS) is 10.6. The van der Waals surface area contributed by atoms with Crippen LogP contribution in [0.15, 0.2) is 60.7 Å². The zero-order valence-electron chi connectivity index (χ0n) is 14.8. The van der Waals surface area contributed by atoms with E-state index in [9.17, 15) is 19.8 Å². The Hall–Kier alpha value is -3.80. The van der Waals surface area contributed by atoms with E-state index in [1.807, 2.05) is 24.3 Å². The Kier molecular flexibility index (Phi) is 5.31. The van der Waals surface area contributed by atoms with Gasteiger partial charge in [-0.3, -0.25) is 0 Å². The molecule has 0 aliphatic rings. The van der Waals surface area contributed by atoms with E-state index in [0.29, 0.717) is 12.8 Å². The molecular weight excluding hydrogens is 360 g/mol. The van der Waals surface area contributed by atoms with Crippen LogP contribution < -0.4 is 0 Å². The Morgan fingerprint density at radius 2 is 0.893 bits per heavy atom. The standard InChI is InChI=1S/C22H18O6/c23-19-7-5-15(11-17(19)21(25)26)9-13-1-2-14(4-3-13)10-16-6-8-20(24)18(12-16)22(27)28/h1-8,11-12,23-24H,9-10H2,(H,25,26)(H,27,28). The number of rotatable bonds is 6. The predicted octanol–water partition coefficient (Wildman–Crippen LogP) is 3.68. The molecule has 0 atom stereocenters.